The summed E-state index contributed by atoms with van der Waals surface area (Å²) < 4.78 is 0. The molecule has 5 nitrogen and oxygen atoms in total. The molecule has 0 radical (unpaired) electrons. The summed E-state index contributed by atoms with van der Waals surface area (Å²) in [7, 11) is 0. The van der Waals surface area contributed by atoms with Crippen LogP contribution in [0.1, 0.15) is 19.3 Å². The number of amidine groups is 1. The Morgan fingerprint density at radius 1 is 1.50 bits per heavy atom. The van der Waals surface area contributed by atoms with E-state index in [-0.39, 0.29) is 5.84 Å². The van der Waals surface area contributed by atoms with Gasteiger partial charge in [-0.3, -0.25) is 5.41 Å². The van der Waals surface area contributed by atoms with E-state index in [1.54, 1.807) is 4.90 Å². The van der Waals surface area contributed by atoms with Gasteiger partial charge in [0.1, 0.15) is 0 Å². The monoisotopic (exact) mass is 170 g/mol. The number of primary amides is 1. The van der Waals surface area contributed by atoms with E-state index in [1.165, 1.54) is 0 Å². The Morgan fingerprint density at radius 2 is 2.08 bits per heavy atom. The fourth-order valence-electron chi connectivity index (χ4n) is 1.10. The molecule has 68 valence electrons. The molecule has 0 atom stereocenters. The van der Waals surface area contributed by atoms with Gasteiger partial charge in [0.15, 0.2) is 0 Å². The van der Waals surface area contributed by atoms with Crippen molar-refractivity contribution in [1.29, 1.82) is 5.41 Å². The summed E-state index contributed by atoms with van der Waals surface area (Å²) in [6.45, 7) is 0.481. The predicted molar refractivity (Wildman–Crippen MR) is 45.8 cm³/mol. The highest BCUT2D eigenvalue weighted by atomic mass is 16.2. The lowest BCUT2D eigenvalue weighted by atomic mass is 10.3. The number of hydrogen-bond acceptors (Lipinski definition) is 2. The van der Waals surface area contributed by atoms with E-state index in [0.717, 1.165) is 12.8 Å². The molecule has 0 saturated heterocycles. The molecular formula is C7H14N4O. The van der Waals surface area contributed by atoms with Gasteiger partial charge in [0, 0.05) is 19.0 Å². The third-order valence-corrected chi connectivity index (χ3v) is 1.89. The maximum atomic E-state index is 10.8. The molecule has 0 aromatic rings. The minimum Gasteiger partial charge on any atom is -0.388 e. The fraction of sp³-hybridized carbons (Fsp3) is 0.714. The highest BCUT2D eigenvalue weighted by molar-refractivity contribution is 5.78. The standard InChI is InChI=1S/C7H14N4O/c8-6(9)3-4-11(7(10)12)5-1-2-5/h5H,1-4H2,(H3,8,9)(H2,10,12). The zero-order chi connectivity index (χ0) is 9.14. The lowest BCUT2D eigenvalue weighted by molar-refractivity contribution is 0.206. The summed E-state index contributed by atoms with van der Waals surface area (Å²) in [5.74, 6) is 0.0990. The first-order chi connectivity index (χ1) is 5.61. The topological polar surface area (TPSA) is 96.2 Å². The molecule has 2 amide bonds. The highest BCUT2D eigenvalue weighted by Crippen LogP contribution is 2.26. The van der Waals surface area contributed by atoms with Crippen LogP contribution < -0.4 is 11.5 Å². The summed E-state index contributed by atoms with van der Waals surface area (Å²) in [5.41, 5.74) is 10.3. The summed E-state index contributed by atoms with van der Waals surface area (Å²) in [6, 6.07) is -0.0967. The van der Waals surface area contributed by atoms with Crippen LogP contribution in [-0.4, -0.2) is 29.4 Å². The van der Waals surface area contributed by atoms with Gasteiger partial charge in [-0.25, -0.2) is 4.79 Å². The number of carbonyl (C=O) groups excluding carboxylic acids is 1. The predicted octanol–water partition coefficient (Wildman–Crippen LogP) is -0.144. The number of nitrogens with two attached hydrogens (primary N) is 2. The molecule has 1 fully saturated rings. The Balaban J connectivity index is 2.33. The van der Waals surface area contributed by atoms with E-state index >= 15 is 0 Å². The number of nitrogens with zero attached hydrogens (tertiary/aromatic N) is 1. The van der Waals surface area contributed by atoms with Crippen LogP contribution in [0.25, 0.3) is 0 Å². The summed E-state index contributed by atoms with van der Waals surface area (Å²) in [4.78, 5) is 12.4. The van der Waals surface area contributed by atoms with Crippen LogP contribution in [0.3, 0.4) is 0 Å². The normalized spacial score (nSPS) is 15.7. The van der Waals surface area contributed by atoms with Gasteiger partial charge in [-0.1, -0.05) is 0 Å². The van der Waals surface area contributed by atoms with E-state index in [2.05, 4.69) is 0 Å². The van der Waals surface area contributed by atoms with Crippen molar-refractivity contribution in [1.82, 2.24) is 4.90 Å². The molecule has 1 saturated carbocycles. The lowest BCUT2D eigenvalue weighted by Gasteiger charge is -2.18. The third-order valence-electron chi connectivity index (χ3n) is 1.89. The first-order valence-electron chi connectivity index (χ1n) is 4.00. The second-order valence-electron chi connectivity index (χ2n) is 3.04. The Labute approximate surface area is 71.2 Å². The van der Waals surface area contributed by atoms with Gasteiger partial charge < -0.3 is 16.4 Å². The second kappa shape index (κ2) is 3.42. The Morgan fingerprint density at radius 3 is 2.42 bits per heavy atom. The third kappa shape index (κ3) is 2.41. The zero-order valence-electron chi connectivity index (χ0n) is 6.92. The molecule has 0 spiro atoms. The van der Waals surface area contributed by atoms with Gasteiger partial charge >= 0.3 is 6.03 Å². The van der Waals surface area contributed by atoms with Crippen molar-refractivity contribution in [2.75, 3.05) is 6.54 Å². The molecule has 0 aromatic heterocycles. The van der Waals surface area contributed by atoms with Crippen LogP contribution in [-0.2, 0) is 0 Å². The minimum absolute atomic E-state index is 0.0990. The van der Waals surface area contributed by atoms with Gasteiger partial charge in [0.05, 0.1) is 5.84 Å². The van der Waals surface area contributed by atoms with Crippen LogP contribution in [0.5, 0.6) is 0 Å². The van der Waals surface area contributed by atoms with Crippen molar-refractivity contribution < 1.29 is 4.79 Å². The summed E-state index contributed by atoms with van der Waals surface area (Å²) >= 11 is 0. The molecule has 12 heavy (non-hydrogen) atoms. The highest BCUT2D eigenvalue weighted by Gasteiger charge is 2.30. The van der Waals surface area contributed by atoms with Crippen LogP contribution in [0.2, 0.25) is 0 Å². The van der Waals surface area contributed by atoms with Gasteiger partial charge in [0.25, 0.3) is 0 Å². The molecule has 1 aliphatic carbocycles. The van der Waals surface area contributed by atoms with Gasteiger partial charge in [-0.05, 0) is 12.8 Å². The van der Waals surface area contributed by atoms with Crippen LogP contribution in [0, 0.1) is 5.41 Å². The molecule has 0 aromatic carbocycles. The first kappa shape index (κ1) is 8.83. The van der Waals surface area contributed by atoms with Crippen LogP contribution in [0.15, 0.2) is 0 Å². The molecule has 1 aliphatic rings. The van der Waals surface area contributed by atoms with Crippen molar-refractivity contribution in [3.8, 4) is 0 Å². The molecule has 0 bridgehead atoms. The van der Waals surface area contributed by atoms with Crippen molar-refractivity contribution >= 4 is 11.9 Å². The van der Waals surface area contributed by atoms with Gasteiger partial charge in [0.2, 0.25) is 0 Å². The zero-order valence-corrected chi connectivity index (χ0v) is 6.92. The number of hydrogen-bond donors (Lipinski definition) is 3. The molecule has 5 N–H and O–H groups in total. The van der Waals surface area contributed by atoms with E-state index in [0.29, 0.717) is 19.0 Å². The van der Waals surface area contributed by atoms with E-state index in [4.69, 9.17) is 16.9 Å². The van der Waals surface area contributed by atoms with Crippen LogP contribution >= 0.6 is 0 Å². The average Bonchev–Trinajstić information content (AvgIpc) is 2.69. The Kier molecular flexibility index (Phi) is 2.52. The smallest absolute Gasteiger partial charge is 0.315 e. The SMILES string of the molecule is N=C(N)CCN(C(N)=O)C1CC1. The summed E-state index contributed by atoms with van der Waals surface area (Å²) in [5, 5.41) is 6.99. The quantitative estimate of drug-likeness (QED) is 0.404. The molecule has 5 heteroatoms. The number of nitrogens with one attached hydrogen (secondary N) is 1. The van der Waals surface area contributed by atoms with Crippen molar-refractivity contribution in [3.63, 3.8) is 0 Å². The number of carbonyl (C=O) groups is 1. The second-order valence-corrected chi connectivity index (χ2v) is 3.04. The Hall–Kier alpha value is -1.26. The number of rotatable bonds is 4. The Bertz CT molecular complexity index is 200. The van der Waals surface area contributed by atoms with Gasteiger partial charge in [-0.15, -0.1) is 0 Å². The summed E-state index contributed by atoms with van der Waals surface area (Å²) in [6.07, 6.45) is 2.47. The van der Waals surface area contributed by atoms with E-state index < -0.39 is 6.03 Å². The largest absolute Gasteiger partial charge is 0.388 e. The molecule has 0 aliphatic heterocycles. The van der Waals surface area contributed by atoms with Crippen molar-refractivity contribution in [3.05, 3.63) is 0 Å². The minimum atomic E-state index is -0.404. The van der Waals surface area contributed by atoms with Crippen LogP contribution in [0.4, 0.5) is 4.79 Å². The molecule has 0 unspecified atom stereocenters. The first-order valence-corrected chi connectivity index (χ1v) is 4.00. The van der Waals surface area contributed by atoms with E-state index in [9.17, 15) is 4.79 Å². The number of urea groups is 1. The molecule has 1 rings (SSSR count). The number of amides is 2. The van der Waals surface area contributed by atoms with Crippen molar-refractivity contribution in [2.45, 2.75) is 25.3 Å². The molecular weight excluding hydrogens is 156 g/mol. The maximum Gasteiger partial charge on any atom is 0.315 e. The maximum absolute atomic E-state index is 10.8. The molecule has 0 heterocycles. The fourth-order valence-corrected chi connectivity index (χ4v) is 1.10. The van der Waals surface area contributed by atoms with Crippen molar-refractivity contribution in [2.24, 2.45) is 11.5 Å². The van der Waals surface area contributed by atoms with Gasteiger partial charge in [-0.2, -0.15) is 0 Å². The van der Waals surface area contributed by atoms with E-state index in [1.807, 2.05) is 0 Å². The lowest BCUT2D eigenvalue weighted by Crippen LogP contribution is -2.39. The average molecular weight is 170 g/mol.